The van der Waals surface area contributed by atoms with Gasteiger partial charge in [0.05, 0.1) is 12.0 Å². The van der Waals surface area contributed by atoms with Crippen LogP contribution in [-0.4, -0.2) is 58.1 Å². The van der Waals surface area contributed by atoms with Crippen LogP contribution in [0.4, 0.5) is 5.69 Å². The topological polar surface area (TPSA) is 131 Å². The summed E-state index contributed by atoms with van der Waals surface area (Å²) in [6.45, 7) is 0. The van der Waals surface area contributed by atoms with Gasteiger partial charge in [-0.15, -0.1) is 4.40 Å². The lowest BCUT2D eigenvalue weighted by molar-refractivity contribution is -0.115. The molecule has 12 heteroatoms. The maximum absolute atomic E-state index is 12.6. The Morgan fingerprint density at radius 1 is 1.09 bits per heavy atom. The molecule has 1 amide bonds. The molecule has 0 aliphatic carbocycles. The second-order valence-electron chi connectivity index (χ2n) is 6.66. The summed E-state index contributed by atoms with van der Waals surface area (Å²) in [5, 5.41) is 5.39. The number of sulfonamides is 1. The molecule has 34 heavy (non-hydrogen) atoms. The highest BCUT2D eigenvalue weighted by Gasteiger charge is 2.21. The van der Waals surface area contributed by atoms with Gasteiger partial charge in [-0.1, -0.05) is 12.1 Å². The molecule has 2 N–H and O–H groups in total. The molecule has 0 radical (unpaired) electrons. The summed E-state index contributed by atoms with van der Waals surface area (Å²) < 4.78 is 39.0. The van der Waals surface area contributed by atoms with E-state index in [-0.39, 0.29) is 15.8 Å². The van der Waals surface area contributed by atoms with Crippen LogP contribution in [0.2, 0.25) is 0 Å². The number of hydrogen-bond acceptors (Lipinski definition) is 7. The largest absolute Gasteiger partial charge is 0.497 e. The van der Waals surface area contributed by atoms with Crippen molar-refractivity contribution in [2.24, 2.45) is 14.4 Å². The highest BCUT2D eigenvalue weighted by Crippen LogP contribution is 2.18. The number of nitrogens with zero attached hydrogens (tertiary/aromatic N) is 3. The number of nitrogens with one attached hydrogen (secondary N) is 2. The van der Waals surface area contributed by atoms with Crippen molar-refractivity contribution in [2.75, 3.05) is 19.5 Å². The van der Waals surface area contributed by atoms with E-state index in [0.717, 1.165) is 5.56 Å². The lowest BCUT2D eigenvalue weighted by Crippen LogP contribution is -2.32. The number of rotatable bonds is 7. The van der Waals surface area contributed by atoms with Gasteiger partial charge in [-0.3, -0.25) is 15.1 Å². The van der Waals surface area contributed by atoms with Crippen molar-refractivity contribution >= 4 is 63.3 Å². The number of hydrogen-bond donors (Lipinski definition) is 2. The average molecular weight is 500 g/mol. The summed E-state index contributed by atoms with van der Waals surface area (Å²) in [6, 6.07) is 12.9. The summed E-state index contributed by atoms with van der Waals surface area (Å²) in [4.78, 5) is 19.9. The first-order valence-corrected chi connectivity index (χ1v) is 11.6. The average Bonchev–Trinajstić information content (AvgIpc) is 2.83. The number of methoxy groups -OCH3 is 2. The van der Waals surface area contributed by atoms with Gasteiger partial charge in [0.25, 0.3) is 10.0 Å². The molecule has 1 heterocycles. The normalized spacial score (nSPS) is 16.5. The highest BCUT2D eigenvalue weighted by molar-refractivity contribution is 7.90. The molecule has 0 spiro atoms. The number of carbonyl (C=O) groups is 1. The minimum absolute atomic E-state index is 0.0532. The minimum atomic E-state index is -4.03. The van der Waals surface area contributed by atoms with Gasteiger partial charge < -0.3 is 14.8 Å². The Morgan fingerprint density at radius 3 is 2.44 bits per heavy atom. The Bertz CT molecular complexity index is 1270. The monoisotopic (exact) mass is 499 g/mol. The Labute approximate surface area is 202 Å². The van der Waals surface area contributed by atoms with Crippen LogP contribution in [-0.2, 0) is 19.6 Å². The number of amidine groups is 1. The van der Waals surface area contributed by atoms with Gasteiger partial charge in [0.1, 0.15) is 5.75 Å². The molecule has 1 aliphatic rings. The molecule has 176 valence electrons. The van der Waals surface area contributed by atoms with Crippen molar-refractivity contribution in [3.8, 4) is 5.75 Å². The van der Waals surface area contributed by atoms with Crippen molar-refractivity contribution in [3.63, 3.8) is 0 Å². The minimum Gasteiger partial charge on any atom is -0.497 e. The highest BCUT2D eigenvalue weighted by atomic mass is 32.2. The Hall–Kier alpha value is -3.74. The molecule has 0 aromatic heterocycles. The first kappa shape index (κ1) is 24.9. The van der Waals surface area contributed by atoms with Crippen LogP contribution in [0.25, 0.3) is 6.08 Å². The van der Waals surface area contributed by atoms with E-state index in [2.05, 4.69) is 25.0 Å². The van der Waals surface area contributed by atoms with Crippen molar-refractivity contribution in [2.45, 2.75) is 11.1 Å². The molecular formula is C22H21N5O5S2. The molecule has 3 rings (SSSR count). The van der Waals surface area contributed by atoms with Crippen LogP contribution in [0.5, 0.6) is 5.75 Å². The quantitative estimate of drug-likeness (QED) is 0.442. The molecular weight excluding hydrogens is 478 g/mol. The van der Waals surface area contributed by atoms with E-state index in [1.807, 2.05) is 12.1 Å². The van der Waals surface area contributed by atoms with Crippen molar-refractivity contribution in [3.05, 3.63) is 60.2 Å². The fraction of sp³-hybridized carbons (Fsp3) is 0.136. The van der Waals surface area contributed by atoms with E-state index in [0.29, 0.717) is 11.4 Å². The number of ether oxygens (including phenoxy) is 2. The fourth-order valence-electron chi connectivity index (χ4n) is 2.68. The van der Waals surface area contributed by atoms with Gasteiger partial charge in [0, 0.05) is 31.3 Å². The SMILES string of the molecule is COc1ccc(/C=C/C(=O)NC(=S)Nc2ccc(S(=O)(=O)/N=C3/N=CC=NC3OC)cc2)cc1. The van der Waals surface area contributed by atoms with E-state index >= 15 is 0 Å². The third kappa shape index (κ3) is 6.88. The van der Waals surface area contributed by atoms with E-state index in [9.17, 15) is 13.2 Å². The summed E-state index contributed by atoms with van der Waals surface area (Å²) in [7, 11) is -1.08. The van der Waals surface area contributed by atoms with Crippen LogP contribution >= 0.6 is 12.2 Å². The van der Waals surface area contributed by atoms with Crippen LogP contribution in [0.3, 0.4) is 0 Å². The summed E-state index contributed by atoms with van der Waals surface area (Å²) in [6.07, 6.45) is 4.82. The maximum atomic E-state index is 12.6. The fourth-order valence-corrected chi connectivity index (χ4v) is 3.87. The zero-order chi connectivity index (χ0) is 24.6. The second kappa shape index (κ2) is 11.4. The smallest absolute Gasteiger partial charge is 0.284 e. The van der Waals surface area contributed by atoms with Crippen LogP contribution in [0.1, 0.15) is 5.56 Å². The predicted octanol–water partition coefficient (Wildman–Crippen LogP) is 2.44. The van der Waals surface area contributed by atoms with Crippen LogP contribution in [0.15, 0.2) is 73.9 Å². The molecule has 0 saturated heterocycles. The lowest BCUT2D eigenvalue weighted by Gasteiger charge is -2.12. The number of anilines is 1. The zero-order valence-corrected chi connectivity index (χ0v) is 19.8. The van der Waals surface area contributed by atoms with Gasteiger partial charge in [-0.2, -0.15) is 8.42 Å². The van der Waals surface area contributed by atoms with Crippen LogP contribution < -0.4 is 15.4 Å². The van der Waals surface area contributed by atoms with E-state index in [1.54, 1.807) is 25.3 Å². The molecule has 2 aromatic carbocycles. The molecule has 0 fully saturated rings. The summed E-state index contributed by atoms with van der Waals surface area (Å²) >= 11 is 5.14. The van der Waals surface area contributed by atoms with E-state index in [4.69, 9.17) is 21.7 Å². The number of benzene rings is 2. The van der Waals surface area contributed by atoms with Gasteiger partial charge >= 0.3 is 0 Å². The zero-order valence-electron chi connectivity index (χ0n) is 18.2. The van der Waals surface area contributed by atoms with Crippen molar-refractivity contribution in [1.82, 2.24) is 5.32 Å². The molecule has 2 aromatic rings. The molecule has 1 unspecified atom stereocenters. The maximum Gasteiger partial charge on any atom is 0.284 e. The van der Waals surface area contributed by atoms with E-state index < -0.39 is 22.2 Å². The molecule has 1 atom stereocenters. The summed E-state index contributed by atoms with van der Waals surface area (Å²) in [5.74, 6) is 0.222. The Balaban J connectivity index is 1.58. The van der Waals surface area contributed by atoms with Gasteiger partial charge in [-0.25, -0.2) is 4.99 Å². The standard InChI is InChI=1S/C22H21N5O5S2/c1-31-17-8-3-15(4-9-17)5-12-19(28)26-22(33)25-16-6-10-18(11-7-16)34(29,30)27-20-21(32-2)24-14-13-23-20/h3-14,21H,1-2H3,(H2,25,26,28,33)/b12-5+,27-20+. The Kier molecular flexibility index (Phi) is 8.35. The lowest BCUT2D eigenvalue weighted by atomic mass is 10.2. The molecule has 1 aliphatic heterocycles. The molecule has 0 saturated carbocycles. The number of thiocarbonyl (C=S) groups is 1. The molecule has 10 nitrogen and oxygen atoms in total. The van der Waals surface area contributed by atoms with Gasteiger partial charge in [0.2, 0.25) is 12.1 Å². The van der Waals surface area contributed by atoms with Gasteiger partial charge in [0.15, 0.2) is 10.9 Å². The van der Waals surface area contributed by atoms with Gasteiger partial charge in [-0.05, 0) is 60.3 Å². The second-order valence-corrected chi connectivity index (χ2v) is 8.68. The Morgan fingerprint density at radius 2 is 1.79 bits per heavy atom. The van der Waals surface area contributed by atoms with E-state index in [1.165, 1.54) is 49.9 Å². The third-order valence-electron chi connectivity index (χ3n) is 4.34. The number of carbonyl (C=O) groups excluding carboxylic acids is 1. The predicted molar refractivity (Wildman–Crippen MR) is 135 cm³/mol. The van der Waals surface area contributed by atoms with Crippen molar-refractivity contribution < 1.29 is 22.7 Å². The van der Waals surface area contributed by atoms with Crippen molar-refractivity contribution in [1.29, 1.82) is 0 Å². The first-order chi connectivity index (χ1) is 16.3. The third-order valence-corrected chi connectivity index (χ3v) is 5.84. The first-order valence-electron chi connectivity index (χ1n) is 9.78. The molecule has 0 bridgehead atoms. The number of aliphatic imine (C=N–C) groups is 2. The number of amides is 1. The van der Waals surface area contributed by atoms with Crippen LogP contribution in [0, 0.1) is 0 Å². The summed E-state index contributed by atoms with van der Waals surface area (Å²) in [5.41, 5.74) is 1.30.